The van der Waals surface area contributed by atoms with Crippen LogP contribution in [0.25, 0.3) is 0 Å². The fraction of sp³-hybridized carbons (Fsp3) is 0.583. The van der Waals surface area contributed by atoms with Gasteiger partial charge in [0.25, 0.3) is 0 Å². The van der Waals surface area contributed by atoms with Gasteiger partial charge in [0.15, 0.2) is 0 Å². The molecule has 0 spiro atoms. The number of pyridine rings is 1. The van der Waals surface area contributed by atoms with Gasteiger partial charge in [0.2, 0.25) is 0 Å². The molecule has 1 fully saturated rings. The minimum Gasteiger partial charge on any atom is -0.377 e. The highest BCUT2D eigenvalue weighted by atomic mass is 16.5. The Morgan fingerprint density at radius 2 is 2.50 bits per heavy atom. The zero-order valence-electron chi connectivity index (χ0n) is 9.72. The van der Waals surface area contributed by atoms with Gasteiger partial charge < -0.3 is 15.4 Å². The van der Waals surface area contributed by atoms with Crippen molar-refractivity contribution in [1.29, 1.82) is 0 Å². The maximum Gasteiger partial charge on any atom is 0.129 e. The predicted octanol–water partition coefficient (Wildman–Crippen LogP) is 1.16. The SMILES string of the molecule is CCC1COCCN1c1cc(CN)ccn1. The maximum atomic E-state index is 5.64. The first-order valence-corrected chi connectivity index (χ1v) is 5.84. The van der Waals surface area contributed by atoms with Gasteiger partial charge in [-0.25, -0.2) is 4.98 Å². The summed E-state index contributed by atoms with van der Waals surface area (Å²) < 4.78 is 5.49. The monoisotopic (exact) mass is 221 g/mol. The van der Waals surface area contributed by atoms with Crippen LogP contribution in [0, 0.1) is 0 Å². The minimum atomic E-state index is 0.439. The molecule has 2 rings (SSSR count). The van der Waals surface area contributed by atoms with E-state index in [1.54, 1.807) is 0 Å². The van der Waals surface area contributed by atoms with Crippen molar-refractivity contribution >= 4 is 5.82 Å². The van der Waals surface area contributed by atoms with E-state index in [0.29, 0.717) is 12.6 Å². The summed E-state index contributed by atoms with van der Waals surface area (Å²) in [4.78, 5) is 6.75. The number of ether oxygens (including phenoxy) is 1. The Balaban J connectivity index is 2.20. The standard InChI is InChI=1S/C12H19N3O/c1-2-11-9-16-6-5-15(11)12-7-10(8-13)3-4-14-12/h3-4,7,11H,2,5-6,8-9,13H2,1H3. The van der Waals surface area contributed by atoms with Crippen molar-refractivity contribution in [2.24, 2.45) is 5.73 Å². The molecule has 0 aliphatic carbocycles. The van der Waals surface area contributed by atoms with Crippen LogP contribution >= 0.6 is 0 Å². The molecule has 16 heavy (non-hydrogen) atoms. The predicted molar refractivity (Wildman–Crippen MR) is 64.4 cm³/mol. The van der Waals surface area contributed by atoms with Crippen LogP contribution in [-0.4, -0.2) is 30.8 Å². The highest BCUT2D eigenvalue weighted by molar-refractivity contribution is 5.42. The van der Waals surface area contributed by atoms with E-state index in [1.165, 1.54) is 0 Å². The molecule has 1 aromatic heterocycles. The van der Waals surface area contributed by atoms with Crippen molar-refractivity contribution in [2.45, 2.75) is 25.9 Å². The van der Waals surface area contributed by atoms with Crippen molar-refractivity contribution in [3.63, 3.8) is 0 Å². The van der Waals surface area contributed by atoms with Crippen LogP contribution in [0.3, 0.4) is 0 Å². The topological polar surface area (TPSA) is 51.4 Å². The van der Waals surface area contributed by atoms with Gasteiger partial charge in [-0.3, -0.25) is 0 Å². The summed E-state index contributed by atoms with van der Waals surface area (Å²) in [5, 5.41) is 0. The van der Waals surface area contributed by atoms with Crippen molar-refractivity contribution in [1.82, 2.24) is 4.98 Å². The molecule has 1 saturated heterocycles. The summed E-state index contributed by atoms with van der Waals surface area (Å²) in [6, 6.07) is 4.48. The Hall–Kier alpha value is -1.13. The summed E-state index contributed by atoms with van der Waals surface area (Å²) in [5.41, 5.74) is 6.78. The third-order valence-electron chi connectivity index (χ3n) is 3.04. The van der Waals surface area contributed by atoms with Gasteiger partial charge in [-0.05, 0) is 24.1 Å². The first-order chi connectivity index (χ1) is 7.85. The lowest BCUT2D eigenvalue weighted by molar-refractivity contribution is 0.0925. The van der Waals surface area contributed by atoms with Gasteiger partial charge >= 0.3 is 0 Å². The summed E-state index contributed by atoms with van der Waals surface area (Å²) in [6.07, 6.45) is 2.91. The number of nitrogens with zero attached hydrogens (tertiary/aromatic N) is 2. The number of anilines is 1. The van der Waals surface area contributed by atoms with Crippen LogP contribution in [0.4, 0.5) is 5.82 Å². The Kier molecular flexibility index (Phi) is 3.74. The molecule has 1 unspecified atom stereocenters. The highest BCUT2D eigenvalue weighted by Crippen LogP contribution is 2.19. The summed E-state index contributed by atoms with van der Waals surface area (Å²) in [7, 11) is 0. The molecule has 0 bridgehead atoms. The molecular formula is C12H19N3O. The van der Waals surface area contributed by atoms with E-state index < -0.39 is 0 Å². The van der Waals surface area contributed by atoms with Crippen LogP contribution in [0.1, 0.15) is 18.9 Å². The smallest absolute Gasteiger partial charge is 0.129 e. The Labute approximate surface area is 96.4 Å². The molecular weight excluding hydrogens is 202 g/mol. The molecule has 88 valence electrons. The third-order valence-corrected chi connectivity index (χ3v) is 3.04. The largest absolute Gasteiger partial charge is 0.377 e. The minimum absolute atomic E-state index is 0.439. The highest BCUT2D eigenvalue weighted by Gasteiger charge is 2.22. The number of nitrogens with two attached hydrogens (primary N) is 1. The number of rotatable bonds is 3. The van der Waals surface area contributed by atoms with Gasteiger partial charge in [0, 0.05) is 19.3 Å². The molecule has 2 heterocycles. The lowest BCUT2D eigenvalue weighted by Crippen LogP contribution is -2.45. The van der Waals surface area contributed by atoms with E-state index in [0.717, 1.165) is 37.6 Å². The molecule has 0 amide bonds. The first-order valence-electron chi connectivity index (χ1n) is 5.84. The van der Waals surface area contributed by atoms with Gasteiger partial charge in [0.05, 0.1) is 19.3 Å². The Bertz CT molecular complexity index is 343. The number of hydrogen-bond donors (Lipinski definition) is 1. The maximum absolute atomic E-state index is 5.64. The van der Waals surface area contributed by atoms with Gasteiger partial charge in [-0.1, -0.05) is 6.92 Å². The zero-order chi connectivity index (χ0) is 11.4. The molecule has 4 nitrogen and oxygen atoms in total. The zero-order valence-corrected chi connectivity index (χ0v) is 9.72. The lowest BCUT2D eigenvalue weighted by atomic mass is 10.1. The van der Waals surface area contributed by atoms with Crippen LogP contribution in [0.15, 0.2) is 18.3 Å². The van der Waals surface area contributed by atoms with E-state index in [-0.39, 0.29) is 0 Å². The fourth-order valence-corrected chi connectivity index (χ4v) is 2.04. The number of hydrogen-bond acceptors (Lipinski definition) is 4. The van der Waals surface area contributed by atoms with Gasteiger partial charge in [0.1, 0.15) is 5.82 Å². The molecule has 0 saturated carbocycles. The van der Waals surface area contributed by atoms with E-state index in [9.17, 15) is 0 Å². The van der Waals surface area contributed by atoms with Crippen molar-refractivity contribution in [3.05, 3.63) is 23.9 Å². The molecule has 1 aliphatic rings. The van der Waals surface area contributed by atoms with Crippen LogP contribution in [0.5, 0.6) is 0 Å². The first kappa shape index (κ1) is 11.4. The molecule has 1 atom stereocenters. The second-order valence-electron chi connectivity index (χ2n) is 4.06. The summed E-state index contributed by atoms with van der Waals surface area (Å²) in [5.74, 6) is 1.03. The summed E-state index contributed by atoms with van der Waals surface area (Å²) >= 11 is 0. The number of morpholine rings is 1. The molecule has 2 N–H and O–H groups in total. The van der Waals surface area contributed by atoms with Crippen LogP contribution in [-0.2, 0) is 11.3 Å². The average Bonchev–Trinajstić information content (AvgIpc) is 2.38. The third kappa shape index (κ3) is 2.33. The average molecular weight is 221 g/mol. The normalized spacial score (nSPS) is 21.1. The van der Waals surface area contributed by atoms with E-state index in [1.807, 2.05) is 12.3 Å². The van der Waals surface area contributed by atoms with E-state index in [2.05, 4.69) is 22.9 Å². The van der Waals surface area contributed by atoms with Gasteiger partial charge in [-0.2, -0.15) is 0 Å². The number of aromatic nitrogens is 1. The van der Waals surface area contributed by atoms with E-state index in [4.69, 9.17) is 10.5 Å². The summed E-state index contributed by atoms with van der Waals surface area (Å²) in [6.45, 7) is 5.24. The second-order valence-corrected chi connectivity index (χ2v) is 4.06. The van der Waals surface area contributed by atoms with Gasteiger partial charge in [-0.15, -0.1) is 0 Å². The second kappa shape index (κ2) is 5.27. The Morgan fingerprint density at radius 3 is 3.25 bits per heavy atom. The molecule has 4 heteroatoms. The quantitative estimate of drug-likeness (QED) is 0.832. The fourth-order valence-electron chi connectivity index (χ4n) is 2.04. The molecule has 0 aromatic carbocycles. The van der Waals surface area contributed by atoms with Crippen molar-refractivity contribution < 1.29 is 4.74 Å². The van der Waals surface area contributed by atoms with Crippen LogP contribution < -0.4 is 10.6 Å². The Morgan fingerprint density at radius 1 is 1.62 bits per heavy atom. The van der Waals surface area contributed by atoms with E-state index >= 15 is 0 Å². The van der Waals surface area contributed by atoms with Crippen molar-refractivity contribution in [3.8, 4) is 0 Å². The lowest BCUT2D eigenvalue weighted by Gasteiger charge is -2.36. The molecule has 1 aliphatic heterocycles. The van der Waals surface area contributed by atoms with Crippen LogP contribution in [0.2, 0.25) is 0 Å². The molecule has 0 radical (unpaired) electrons. The molecule has 1 aromatic rings. The van der Waals surface area contributed by atoms with Crippen molar-refractivity contribution in [2.75, 3.05) is 24.7 Å².